The summed E-state index contributed by atoms with van der Waals surface area (Å²) < 4.78 is 30.5. The van der Waals surface area contributed by atoms with Gasteiger partial charge in [-0.1, -0.05) is 113 Å². The fraction of sp³-hybridized carbons (Fsp3) is 0.316. The lowest BCUT2D eigenvalue weighted by Gasteiger charge is -2.35. The van der Waals surface area contributed by atoms with Crippen LogP contribution in [0.2, 0.25) is 0 Å². The highest BCUT2D eigenvalue weighted by Crippen LogP contribution is 2.26. The fourth-order valence-corrected chi connectivity index (χ4v) is 7.64. The van der Waals surface area contributed by atoms with Crippen molar-refractivity contribution in [2.24, 2.45) is 0 Å². The van der Waals surface area contributed by atoms with Gasteiger partial charge in [0.05, 0.1) is 10.6 Å². The zero-order chi connectivity index (χ0) is 33.4. The number of nitrogens with one attached hydrogen (secondary N) is 1. The van der Waals surface area contributed by atoms with Crippen LogP contribution < -0.4 is 9.62 Å². The third-order valence-electron chi connectivity index (χ3n) is 8.70. The molecular weight excluding hydrogens is 674 g/mol. The molecule has 0 radical (unpaired) electrons. The standard InChI is InChI=1S/C38H42BrN3O4S/c1-28-13-21-34(22-14-28)42(47(45,46)35-23-15-29(2)16-24-35)27-37(43)41(26-31-17-19-32(39)20-18-31)36(25-30-9-5-3-6-10-30)38(44)40-33-11-7-4-8-12-33/h3,5-6,9-10,13-24,33,36H,4,7-8,11-12,25-27H2,1-2H3,(H,40,44). The average Bonchev–Trinajstić information content (AvgIpc) is 3.07. The monoisotopic (exact) mass is 715 g/mol. The van der Waals surface area contributed by atoms with Gasteiger partial charge in [-0.15, -0.1) is 0 Å². The molecule has 0 aliphatic heterocycles. The Bertz CT molecular complexity index is 1740. The minimum Gasteiger partial charge on any atom is -0.352 e. The van der Waals surface area contributed by atoms with Gasteiger partial charge in [-0.05, 0) is 74.2 Å². The van der Waals surface area contributed by atoms with E-state index < -0.39 is 28.5 Å². The summed E-state index contributed by atoms with van der Waals surface area (Å²) >= 11 is 3.49. The molecule has 1 unspecified atom stereocenters. The number of anilines is 1. The van der Waals surface area contributed by atoms with Gasteiger partial charge in [-0.25, -0.2) is 8.42 Å². The third kappa shape index (κ3) is 9.11. The van der Waals surface area contributed by atoms with E-state index in [2.05, 4.69) is 21.2 Å². The van der Waals surface area contributed by atoms with Crippen LogP contribution in [0.25, 0.3) is 0 Å². The molecule has 0 saturated heterocycles. The fourth-order valence-electron chi connectivity index (χ4n) is 5.96. The van der Waals surface area contributed by atoms with E-state index in [9.17, 15) is 18.0 Å². The molecule has 5 rings (SSSR count). The van der Waals surface area contributed by atoms with Crippen LogP contribution >= 0.6 is 15.9 Å². The Labute approximate surface area is 287 Å². The second-order valence-electron chi connectivity index (χ2n) is 12.4. The van der Waals surface area contributed by atoms with Crippen LogP contribution in [0.3, 0.4) is 0 Å². The number of rotatable bonds is 12. The molecule has 1 N–H and O–H groups in total. The lowest BCUT2D eigenvalue weighted by atomic mass is 9.94. The van der Waals surface area contributed by atoms with Gasteiger partial charge in [0.1, 0.15) is 12.6 Å². The minimum absolute atomic E-state index is 0.0464. The largest absolute Gasteiger partial charge is 0.352 e. The van der Waals surface area contributed by atoms with Gasteiger partial charge in [-0.3, -0.25) is 13.9 Å². The number of sulfonamides is 1. The first-order valence-electron chi connectivity index (χ1n) is 16.1. The SMILES string of the molecule is Cc1ccc(N(CC(=O)N(Cc2ccc(Br)cc2)C(Cc2ccccc2)C(=O)NC2CCCCC2)S(=O)(=O)c2ccc(C)cc2)cc1. The zero-order valence-corrected chi connectivity index (χ0v) is 29.3. The molecule has 0 spiro atoms. The van der Waals surface area contributed by atoms with Crippen LogP contribution in [-0.2, 0) is 32.6 Å². The highest BCUT2D eigenvalue weighted by Gasteiger charge is 2.35. The summed E-state index contributed by atoms with van der Waals surface area (Å²) in [5.41, 5.74) is 4.00. The van der Waals surface area contributed by atoms with Gasteiger partial charge >= 0.3 is 0 Å². The minimum atomic E-state index is -4.14. The first-order valence-corrected chi connectivity index (χ1v) is 18.4. The van der Waals surface area contributed by atoms with Gasteiger partial charge in [-0.2, -0.15) is 0 Å². The second kappa shape index (κ2) is 15.8. The topological polar surface area (TPSA) is 86.8 Å². The first kappa shape index (κ1) is 34.4. The number of carbonyl (C=O) groups excluding carboxylic acids is 2. The van der Waals surface area contributed by atoms with E-state index in [1.165, 1.54) is 0 Å². The van der Waals surface area contributed by atoms with Crippen molar-refractivity contribution in [3.05, 3.63) is 130 Å². The molecule has 47 heavy (non-hydrogen) atoms. The summed E-state index contributed by atoms with van der Waals surface area (Å²) in [5.74, 6) is -0.696. The Morgan fingerprint density at radius 2 is 1.38 bits per heavy atom. The lowest BCUT2D eigenvalue weighted by Crippen LogP contribution is -2.55. The first-order chi connectivity index (χ1) is 22.6. The number of aryl methyl sites for hydroxylation is 2. The number of halogens is 1. The summed E-state index contributed by atoms with van der Waals surface area (Å²) in [5, 5.41) is 3.25. The van der Waals surface area contributed by atoms with E-state index in [0.717, 1.165) is 63.1 Å². The smallest absolute Gasteiger partial charge is 0.264 e. The van der Waals surface area contributed by atoms with Crippen LogP contribution in [0.4, 0.5) is 5.69 Å². The molecule has 2 amide bonds. The van der Waals surface area contributed by atoms with Gasteiger partial charge in [0.2, 0.25) is 11.8 Å². The van der Waals surface area contributed by atoms with Crippen molar-refractivity contribution >= 4 is 43.5 Å². The normalized spacial score (nSPS) is 14.3. The van der Waals surface area contributed by atoms with Crippen LogP contribution in [0.1, 0.15) is 54.4 Å². The molecule has 1 atom stereocenters. The Hall–Kier alpha value is -3.95. The van der Waals surface area contributed by atoms with Gasteiger partial charge in [0.15, 0.2) is 0 Å². The van der Waals surface area contributed by atoms with Crippen LogP contribution in [0, 0.1) is 13.8 Å². The van der Waals surface area contributed by atoms with Crippen LogP contribution in [0.15, 0.2) is 112 Å². The Balaban J connectivity index is 1.55. The van der Waals surface area contributed by atoms with Gasteiger partial charge in [0, 0.05) is 23.5 Å². The maximum Gasteiger partial charge on any atom is 0.264 e. The van der Waals surface area contributed by atoms with Gasteiger partial charge in [0.25, 0.3) is 10.0 Å². The summed E-state index contributed by atoms with van der Waals surface area (Å²) in [6, 6.07) is 30.1. The number of benzene rings is 4. The van der Waals surface area contributed by atoms with Crippen molar-refractivity contribution in [1.29, 1.82) is 0 Å². The van der Waals surface area contributed by atoms with Crippen LogP contribution in [-0.4, -0.2) is 43.8 Å². The zero-order valence-electron chi connectivity index (χ0n) is 26.9. The Morgan fingerprint density at radius 1 is 0.787 bits per heavy atom. The summed E-state index contributed by atoms with van der Waals surface area (Å²) in [6.07, 6.45) is 5.35. The molecule has 4 aromatic carbocycles. The maximum absolute atomic E-state index is 14.7. The molecule has 4 aromatic rings. The molecule has 0 aromatic heterocycles. The molecule has 0 heterocycles. The number of hydrogen-bond acceptors (Lipinski definition) is 4. The second-order valence-corrected chi connectivity index (χ2v) is 15.1. The quantitative estimate of drug-likeness (QED) is 0.166. The van der Waals surface area contributed by atoms with Crippen molar-refractivity contribution in [3.8, 4) is 0 Å². The number of amides is 2. The number of carbonyl (C=O) groups is 2. The summed E-state index contributed by atoms with van der Waals surface area (Å²) in [7, 11) is -4.14. The van der Waals surface area contributed by atoms with E-state index in [0.29, 0.717) is 5.69 Å². The van der Waals surface area contributed by atoms with Crippen molar-refractivity contribution in [1.82, 2.24) is 10.2 Å². The lowest BCUT2D eigenvalue weighted by molar-refractivity contribution is -0.140. The molecule has 1 fully saturated rings. The number of nitrogens with zero attached hydrogens (tertiary/aromatic N) is 2. The molecule has 246 valence electrons. The van der Waals surface area contributed by atoms with E-state index in [-0.39, 0.29) is 29.8 Å². The van der Waals surface area contributed by atoms with E-state index >= 15 is 0 Å². The Kier molecular flexibility index (Phi) is 11.5. The highest BCUT2D eigenvalue weighted by atomic mass is 79.9. The molecule has 1 aliphatic rings. The highest BCUT2D eigenvalue weighted by molar-refractivity contribution is 9.10. The van der Waals surface area contributed by atoms with Crippen molar-refractivity contribution in [3.63, 3.8) is 0 Å². The average molecular weight is 717 g/mol. The van der Waals surface area contributed by atoms with E-state index in [1.807, 2.05) is 80.6 Å². The van der Waals surface area contributed by atoms with E-state index in [4.69, 9.17) is 0 Å². The molecular formula is C38H42BrN3O4S. The number of hydrogen-bond donors (Lipinski definition) is 1. The summed E-state index contributed by atoms with van der Waals surface area (Å²) in [6.45, 7) is 3.47. The predicted octanol–water partition coefficient (Wildman–Crippen LogP) is 7.35. The van der Waals surface area contributed by atoms with Crippen molar-refractivity contribution in [2.75, 3.05) is 10.8 Å². The molecule has 1 aliphatic carbocycles. The van der Waals surface area contributed by atoms with E-state index in [1.54, 1.807) is 41.3 Å². The molecule has 0 bridgehead atoms. The third-order valence-corrected chi connectivity index (χ3v) is 11.0. The molecule has 9 heteroatoms. The summed E-state index contributed by atoms with van der Waals surface area (Å²) in [4.78, 5) is 30.5. The van der Waals surface area contributed by atoms with Crippen molar-refractivity contribution < 1.29 is 18.0 Å². The Morgan fingerprint density at radius 3 is 2.00 bits per heavy atom. The maximum atomic E-state index is 14.7. The molecule has 1 saturated carbocycles. The van der Waals surface area contributed by atoms with Crippen molar-refractivity contribution in [2.45, 2.75) is 75.9 Å². The molecule has 7 nitrogen and oxygen atoms in total. The van der Waals surface area contributed by atoms with Crippen LogP contribution in [0.5, 0.6) is 0 Å². The predicted molar refractivity (Wildman–Crippen MR) is 191 cm³/mol. The van der Waals surface area contributed by atoms with Gasteiger partial charge < -0.3 is 10.2 Å².